The van der Waals surface area contributed by atoms with Crippen LogP contribution in [0, 0.1) is 0 Å². The van der Waals surface area contributed by atoms with Gasteiger partial charge in [-0.05, 0) is 51.4 Å². The number of carbonyl (C=O) groups excluding carboxylic acids is 2. The third kappa shape index (κ3) is 46.0. The fraction of sp³-hybridized carbons (Fsp3) is 0.944. The summed E-state index contributed by atoms with van der Waals surface area (Å²) < 4.78 is 0. The van der Waals surface area contributed by atoms with Gasteiger partial charge in [0.05, 0.1) is 12.2 Å². The minimum atomic E-state index is -0.924. The Morgan fingerprint density at radius 2 is 0.628 bits per heavy atom. The van der Waals surface area contributed by atoms with Gasteiger partial charge in [-0.1, -0.05) is 155 Å². The number of carboxylic acid groups (broad SMARTS) is 2. The molecule has 2 N–H and O–H groups in total. The molecule has 0 aromatic heterocycles. The van der Waals surface area contributed by atoms with Crippen molar-refractivity contribution in [1.29, 1.82) is 0 Å². The summed E-state index contributed by atoms with van der Waals surface area (Å²) in [5, 5.41) is 40.0. The molecule has 43 heavy (non-hydrogen) atoms. The van der Waals surface area contributed by atoms with Crippen molar-refractivity contribution in [3.05, 3.63) is 0 Å². The van der Waals surface area contributed by atoms with Gasteiger partial charge in [0.15, 0.2) is 0 Å². The Labute approximate surface area is 279 Å². The van der Waals surface area contributed by atoms with Gasteiger partial charge in [0.2, 0.25) is 0 Å². The first-order valence-corrected chi connectivity index (χ1v) is 18.1. The van der Waals surface area contributed by atoms with Crippen LogP contribution in [0.2, 0.25) is 0 Å². The first-order chi connectivity index (χ1) is 20.3. The quantitative estimate of drug-likeness (QED) is 0.0557. The topological polar surface area (TPSA) is 121 Å². The minimum absolute atomic E-state index is 0. The molecule has 2 unspecified atom stereocenters. The van der Waals surface area contributed by atoms with Gasteiger partial charge in [-0.25, -0.2) is 0 Å². The zero-order valence-corrected chi connectivity index (χ0v) is 31.6. The molecule has 0 fully saturated rings. The number of hydrogen-bond donors (Lipinski definition) is 2. The predicted octanol–water partition coefficient (Wildman–Crippen LogP) is 7.93. The van der Waals surface area contributed by atoms with Gasteiger partial charge in [0.25, 0.3) is 0 Å². The van der Waals surface area contributed by atoms with Crippen molar-refractivity contribution in [1.82, 2.24) is 0 Å². The first kappa shape index (κ1) is 46.9. The van der Waals surface area contributed by atoms with Crippen LogP contribution in [0.1, 0.15) is 206 Å². The molecule has 0 heterocycles. The number of aliphatic hydroxyl groups excluding tert-OH is 2. The van der Waals surface area contributed by atoms with Crippen molar-refractivity contribution in [2.24, 2.45) is 0 Å². The molecule has 0 radical (unpaired) electrons. The molecule has 252 valence electrons. The van der Waals surface area contributed by atoms with Crippen molar-refractivity contribution in [2.75, 3.05) is 0 Å². The molecule has 6 nitrogen and oxygen atoms in total. The van der Waals surface area contributed by atoms with Gasteiger partial charge in [0, 0.05) is 11.9 Å². The number of carboxylic acids is 2. The Kier molecular flexibility index (Phi) is 43.1. The van der Waals surface area contributed by atoms with Crippen LogP contribution < -0.4 is 10.2 Å². The van der Waals surface area contributed by atoms with Crippen LogP contribution in [0.15, 0.2) is 0 Å². The predicted molar refractivity (Wildman–Crippen MR) is 172 cm³/mol. The molecular formula is C36H70O6Zn. The van der Waals surface area contributed by atoms with E-state index in [0.29, 0.717) is 0 Å². The fourth-order valence-corrected chi connectivity index (χ4v) is 5.32. The second-order valence-electron chi connectivity index (χ2n) is 12.5. The van der Waals surface area contributed by atoms with Crippen LogP contribution in [0.4, 0.5) is 0 Å². The van der Waals surface area contributed by atoms with Gasteiger partial charge < -0.3 is 30.0 Å². The van der Waals surface area contributed by atoms with Crippen molar-refractivity contribution in [3.63, 3.8) is 0 Å². The van der Waals surface area contributed by atoms with Crippen molar-refractivity contribution >= 4 is 11.9 Å². The number of hydrogen-bond acceptors (Lipinski definition) is 6. The Balaban J connectivity index is -0.000000727. The van der Waals surface area contributed by atoms with Crippen LogP contribution in [0.3, 0.4) is 0 Å². The normalized spacial score (nSPS) is 12.2. The number of aliphatic carboxylic acids is 2. The minimum Gasteiger partial charge on any atom is -0.550 e. The van der Waals surface area contributed by atoms with Crippen LogP contribution >= 0.6 is 0 Å². The third-order valence-electron chi connectivity index (χ3n) is 8.12. The van der Waals surface area contributed by atoms with Crippen LogP contribution in [-0.2, 0) is 29.1 Å². The number of rotatable bonds is 32. The van der Waals surface area contributed by atoms with E-state index in [2.05, 4.69) is 13.8 Å². The molecule has 0 aromatic carbocycles. The molecule has 0 aliphatic heterocycles. The maximum Gasteiger partial charge on any atom is 2.00 e. The first-order valence-electron chi connectivity index (χ1n) is 18.1. The van der Waals surface area contributed by atoms with E-state index in [1.54, 1.807) is 0 Å². The average molecular weight is 664 g/mol. The van der Waals surface area contributed by atoms with Crippen LogP contribution in [0.5, 0.6) is 0 Å². The van der Waals surface area contributed by atoms with E-state index < -0.39 is 11.9 Å². The summed E-state index contributed by atoms with van der Waals surface area (Å²) in [6.07, 6.45) is 32.0. The molecule has 0 aliphatic rings. The molecule has 0 saturated carbocycles. The summed E-state index contributed by atoms with van der Waals surface area (Å²) in [7, 11) is 0. The summed E-state index contributed by atoms with van der Waals surface area (Å²) in [6.45, 7) is 4.38. The van der Waals surface area contributed by atoms with Gasteiger partial charge in [0.1, 0.15) is 0 Å². The van der Waals surface area contributed by atoms with Gasteiger partial charge in [-0.2, -0.15) is 0 Å². The average Bonchev–Trinajstić information content (AvgIpc) is 2.95. The maximum atomic E-state index is 10.2. The van der Waals surface area contributed by atoms with Crippen molar-refractivity contribution in [3.8, 4) is 0 Å². The molecule has 0 amide bonds. The molecular weight excluding hydrogens is 594 g/mol. The second kappa shape index (κ2) is 39.5. The van der Waals surface area contributed by atoms with Crippen LogP contribution in [0.25, 0.3) is 0 Å². The largest absolute Gasteiger partial charge is 2.00 e. The van der Waals surface area contributed by atoms with Crippen molar-refractivity contribution in [2.45, 2.75) is 219 Å². The fourth-order valence-electron chi connectivity index (χ4n) is 5.32. The molecule has 2 atom stereocenters. The molecule has 0 saturated heterocycles. The van der Waals surface area contributed by atoms with Gasteiger partial charge in [-0.3, -0.25) is 0 Å². The van der Waals surface area contributed by atoms with Crippen molar-refractivity contribution < 1.29 is 49.5 Å². The van der Waals surface area contributed by atoms with E-state index in [0.717, 1.165) is 89.9 Å². The molecule has 0 aliphatic carbocycles. The second-order valence-corrected chi connectivity index (χ2v) is 12.5. The Hall–Kier alpha value is -0.517. The van der Waals surface area contributed by atoms with E-state index in [-0.39, 0.29) is 44.5 Å². The Morgan fingerprint density at radius 3 is 0.860 bits per heavy atom. The smallest absolute Gasteiger partial charge is 0.550 e. The Bertz CT molecular complexity index is 512. The van der Waals surface area contributed by atoms with E-state index in [1.807, 2.05) is 0 Å². The molecule has 0 rings (SSSR count). The summed E-state index contributed by atoms with van der Waals surface area (Å²) in [5.41, 5.74) is 0. The zero-order valence-electron chi connectivity index (χ0n) is 28.6. The number of unbranched alkanes of at least 4 members (excludes halogenated alkanes) is 20. The van der Waals surface area contributed by atoms with Crippen LogP contribution in [-0.4, -0.2) is 34.4 Å². The zero-order chi connectivity index (χ0) is 31.5. The summed E-state index contributed by atoms with van der Waals surface area (Å²) in [6, 6.07) is 0. The standard InChI is InChI=1S/2C18H36O3.Zn/c2*1-2-3-11-14-17(19)15-12-9-7-5-4-6-8-10-13-16-18(20)21;/h2*17,19H,2-16H2,1H3,(H,20,21);/q;;+2/p-2. The van der Waals surface area contributed by atoms with E-state index in [4.69, 9.17) is 0 Å². The molecule has 0 bridgehead atoms. The van der Waals surface area contributed by atoms with Gasteiger partial charge >= 0.3 is 19.5 Å². The van der Waals surface area contributed by atoms with E-state index in [1.165, 1.54) is 89.9 Å². The molecule has 7 heteroatoms. The molecule has 0 aromatic rings. The molecule has 0 spiro atoms. The SMILES string of the molecule is CCCCCC(O)CCCCCCCCCCCC(=O)[O-].CCCCCC(O)CCCCCCCCCCCC(=O)[O-].[Zn+2]. The summed E-state index contributed by atoms with van der Waals surface area (Å²) in [4.78, 5) is 20.5. The third-order valence-corrected chi connectivity index (χ3v) is 8.12. The van der Waals surface area contributed by atoms with E-state index >= 15 is 0 Å². The van der Waals surface area contributed by atoms with E-state index in [9.17, 15) is 30.0 Å². The monoisotopic (exact) mass is 662 g/mol. The maximum absolute atomic E-state index is 10.2. The van der Waals surface area contributed by atoms with Gasteiger partial charge in [-0.15, -0.1) is 0 Å². The Morgan fingerprint density at radius 1 is 0.419 bits per heavy atom. The number of aliphatic hydroxyl groups is 2. The number of carbonyl (C=O) groups is 2. The summed E-state index contributed by atoms with van der Waals surface area (Å²) in [5.74, 6) is -1.85. The summed E-state index contributed by atoms with van der Waals surface area (Å²) >= 11 is 0.